The minimum atomic E-state index is -0.435. The van der Waals surface area contributed by atoms with Crippen molar-refractivity contribution >= 4 is 11.8 Å². The summed E-state index contributed by atoms with van der Waals surface area (Å²) in [5.74, 6) is 0.623. The van der Waals surface area contributed by atoms with Crippen LogP contribution in [0.4, 0.5) is 5.69 Å². The zero-order valence-corrected chi connectivity index (χ0v) is 9.05. The average molecular weight is 222 g/mol. The smallest absolute Gasteiger partial charge is 0.270 e. The highest BCUT2D eigenvalue weighted by Crippen LogP contribution is 2.25. The molecule has 16 heavy (non-hydrogen) atoms. The molecule has 1 aromatic carbocycles. The number of non-ortho nitro benzene ring substituents is 1. The first-order valence-electron chi connectivity index (χ1n) is 4.97. The molecule has 0 aliphatic rings. The van der Waals surface area contributed by atoms with Crippen LogP contribution >= 0.6 is 0 Å². The molecule has 0 spiro atoms. The summed E-state index contributed by atoms with van der Waals surface area (Å²) in [6.07, 6.45) is 3.44. The summed E-state index contributed by atoms with van der Waals surface area (Å²) in [4.78, 5) is 10.2. The highest BCUT2D eigenvalue weighted by molar-refractivity contribution is 5.61. The maximum absolute atomic E-state index is 10.6. The fraction of sp³-hybridized carbons (Fsp3) is 0.273. The van der Waals surface area contributed by atoms with Crippen LogP contribution in [0.5, 0.6) is 5.75 Å². The van der Waals surface area contributed by atoms with Crippen molar-refractivity contribution in [2.45, 2.75) is 6.92 Å². The van der Waals surface area contributed by atoms with Gasteiger partial charge in [0.05, 0.1) is 11.5 Å². The van der Waals surface area contributed by atoms with Gasteiger partial charge in [-0.2, -0.15) is 0 Å². The first-order chi connectivity index (χ1) is 7.69. The van der Waals surface area contributed by atoms with Gasteiger partial charge in [-0.1, -0.05) is 12.2 Å². The Morgan fingerprint density at radius 1 is 1.56 bits per heavy atom. The van der Waals surface area contributed by atoms with Crippen molar-refractivity contribution in [1.82, 2.24) is 0 Å². The lowest BCUT2D eigenvalue weighted by Gasteiger charge is -2.06. The SMILES string of the molecule is CCOc1ccc([N+](=O)[O-])cc1C=CCN. The van der Waals surface area contributed by atoms with E-state index in [1.54, 1.807) is 18.2 Å². The summed E-state index contributed by atoms with van der Waals surface area (Å²) in [5.41, 5.74) is 6.05. The molecule has 0 aliphatic carbocycles. The Bertz CT molecular complexity index is 402. The zero-order chi connectivity index (χ0) is 12.0. The summed E-state index contributed by atoms with van der Waals surface area (Å²) in [5, 5.41) is 10.6. The van der Waals surface area contributed by atoms with E-state index in [-0.39, 0.29) is 5.69 Å². The molecule has 0 bridgehead atoms. The number of nitro groups is 1. The monoisotopic (exact) mass is 222 g/mol. The molecule has 2 N–H and O–H groups in total. The van der Waals surface area contributed by atoms with E-state index < -0.39 is 4.92 Å². The number of hydrogen-bond donors (Lipinski definition) is 1. The summed E-state index contributed by atoms with van der Waals surface area (Å²) in [6, 6.07) is 4.49. The molecule has 0 aliphatic heterocycles. The minimum Gasteiger partial charge on any atom is -0.493 e. The van der Waals surface area contributed by atoms with Gasteiger partial charge in [-0.3, -0.25) is 10.1 Å². The lowest BCUT2D eigenvalue weighted by atomic mass is 10.1. The highest BCUT2D eigenvalue weighted by atomic mass is 16.6. The Labute approximate surface area is 93.7 Å². The van der Waals surface area contributed by atoms with Crippen LogP contribution in [-0.4, -0.2) is 18.1 Å². The van der Waals surface area contributed by atoms with E-state index >= 15 is 0 Å². The Morgan fingerprint density at radius 2 is 2.31 bits per heavy atom. The lowest BCUT2D eigenvalue weighted by Crippen LogP contribution is -1.97. The largest absolute Gasteiger partial charge is 0.493 e. The van der Waals surface area contributed by atoms with Crippen LogP contribution in [-0.2, 0) is 0 Å². The molecule has 0 aromatic heterocycles. The van der Waals surface area contributed by atoms with E-state index in [0.29, 0.717) is 24.5 Å². The van der Waals surface area contributed by atoms with Gasteiger partial charge in [0, 0.05) is 24.2 Å². The van der Waals surface area contributed by atoms with Crippen LogP contribution < -0.4 is 10.5 Å². The van der Waals surface area contributed by atoms with Crippen molar-refractivity contribution in [2.24, 2.45) is 5.73 Å². The third-order valence-corrected chi connectivity index (χ3v) is 1.94. The molecule has 1 aromatic rings. The standard InChI is InChI=1S/C11H14N2O3/c1-2-16-11-6-5-10(13(14)15)8-9(11)4-3-7-12/h3-6,8H,2,7,12H2,1H3. The van der Waals surface area contributed by atoms with E-state index in [1.165, 1.54) is 12.1 Å². The third-order valence-electron chi connectivity index (χ3n) is 1.94. The van der Waals surface area contributed by atoms with Gasteiger partial charge in [0.25, 0.3) is 5.69 Å². The first kappa shape index (κ1) is 12.2. The van der Waals surface area contributed by atoms with Crippen LogP contribution in [0, 0.1) is 10.1 Å². The van der Waals surface area contributed by atoms with Crippen molar-refractivity contribution in [2.75, 3.05) is 13.2 Å². The minimum absolute atomic E-state index is 0.0418. The molecular weight excluding hydrogens is 208 g/mol. The van der Waals surface area contributed by atoms with Crippen LogP contribution in [0.3, 0.4) is 0 Å². The number of benzene rings is 1. The maximum atomic E-state index is 10.6. The molecule has 0 saturated heterocycles. The number of ether oxygens (including phenoxy) is 1. The molecule has 0 amide bonds. The van der Waals surface area contributed by atoms with Crippen LogP contribution in [0.1, 0.15) is 12.5 Å². The topological polar surface area (TPSA) is 78.4 Å². The predicted octanol–water partition coefficient (Wildman–Crippen LogP) is 1.97. The Morgan fingerprint density at radius 3 is 2.88 bits per heavy atom. The van der Waals surface area contributed by atoms with Crippen LogP contribution in [0.25, 0.3) is 6.08 Å². The van der Waals surface area contributed by atoms with Gasteiger partial charge in [-0.05, 0) is 13.0 Å². The Kier molecular flexibility index (Phi) is 4.47. The molecule has 86 valence electrons. The van der Waals surface area contributed by atoms with Gasteiger partial charge in [0.1, 0.15) is 5.75 Å². The van der Waals surface area contributed by atoms with E-state index in [0.717, 1.165) is 0 Å². The molecule has 0 atom stereocenters. The van der Waals surface area contributed by atoms with Gasteiger partial charge >= 0.3 is 0 Å². The Balaban J connectivity index is 3.10. The number of nitrogens with two attached hydrogens (primary N) is 1. The van der Waals surface area contributed by atoms with Crippen molar-refractivity contribution in [1.29, 1.82) is 0 Å². The van der Waals surface area contributed by atoms with Crippen LogP contribution in [0.2, 0.25) is 0 Å². The van der Waals surface area contributed by atoms with Gasteiger partial charge in [0.15, 0.2) is 0 Å². The molecule has 5 heteroatoms. The molecule has 5 nitrogen and oxygen atoms in total. The zero-order valence-electron chi connectivity index (χ0n) is 9.05. The number of nitro benzene ring substituents is 1. The van der Waals surface area contributed by atoms with Crippen molar-refractivity contribution in [3.05, 3.63) is 40.0 Å². The van der Waals surface area contributed by atoms with Crippen molar-refractivity contribution in [3.8, 4) is 5.75 Å². The van der Waals surface area contributed by atoms with E-state index in [2.05, 4.69) is 0 Å². The molecule has 0 saturated carbocycles. The molecule has 0 fully saturated rings. The molecule has 1 rings (SSSR count). The summed E-state index contributed by atoms with van der Waals surface area (Å²) in [6.45, 7) is 2.76. The normalized spacial score (nSPS) is 10.6. The van der Waals surface area contributed by atoms with Gasteiger partial charge in [-0.15, -0.1) is 0 Å². The van der Waals surface area contributed by atoms with Gasteiger partial charge in [0.2, 0.25) is 0 Å². The third kappa shape index (κ3) is 3.06. The predicted molar refractivity (Wildman–Crippen MR) is 62.4 cm³/mol. The van der Waals surface area contributed by atoms with Crippen molar-refractivity contribution < 1.29 is 9.66 Å². The van der Waals surface area contributed by atoms with Crippen molar-refractivity contribution in [3.63, 3.8) is 0 Å². The summed E-state index contributed by atoms with van der Waals surface area (Å²) < 4.78 is 5.35. The first-order valence-corrected chi connectivity index (χ1v) is 4.97. The maximum Gasteiger partial charge on any atom is 0.270 e. The van der Waals surface area contributed by atoms with E-state index in [4.69, 9.17) is 10.5 Å². The second-order valence-electron chi connectivity index (χ2n) is 3.05. The average Bonchev–Trinajstić information content (AvgIpc) is 2.27. The summed E-state index contributed by atoms with van der Waals surface area (Å²) >= 11 is 0. The molecule has 0 unspecified atom stereocenters. The Hall–Kier alpha value is -1.88. The lowest BCUT2D eigenvalue weighted by molar-refractivity contribution is -0.384. The fourth-order valence-corrected chi connectivity index (χ4v) is 1.26. The van der Waals surface area contributed by atoms with E-state index in [9.17, 15) is 10.1 Å². The molecular formula is C11H14N2O3. The fourth-order valence-electron chi connectivity index (χ4n) is 1.26. The number of rotatable bonds is 5. The number of hydrogen-bond acceptors (Lipinski definition) is 4. The summed E-state index contributed by atoms with van der Waals surface area (Å²) in [7, 11) is 0. The van der Waals surface area contributed by atoms with Gasteiger partial charge < -0.3 is 10.5 Å². The molecule has 0 radical (unpaired) electrons. The quantitative estimate of drug-likeness (QED) is 0.610. The second kappa shape index (κ2) is 5.87. The second-order valence-corrected chi connectivity index (χ2v) is 3.05. The van der Waals surface area contributed by atoms with Crippen LogP contribution in [0.15, 0.2) is 24.3 Å². The molecule has 0 heterocycles. The highest BCUT2D eigenvalue weighted by Gasteiger charge is 2.09. The van der Waals surface area contributed by atoms with E-state index in [1.807, 2.05) is 6.92 Å². The number of nitrogens with zero attached hydrogens (tertiary/aromatic N) is 1. The van der Waals surface area contributed by atoms with Gasteiger partial charge in [-0.25, -0.2) is 0 Å².